The molecule has 1 aliphatic rings. The molecule has 2 aromatic carbocycles. The number of ether oxygens (including phenoxy) is 1. The van der Waals surface area contributed by atoms with Crippen LogP contribution in [0.2, 0.25) is 0 Å². The van der Waals surface area contributed by atoms with Gasteiger partial charge in [0, 0.05) is 12.5 Å². The molecule has 1 aliphatic carbocycles. The van der Waals surface area contributed by atoms with Gasteiger partial charge in [0.05, 0.1) is 6.54 Å². The number of carbonyl (C=O) groups is 3. The van der Waals surface area contributed by atoms with E-state index in [2.05, 4.69) is 34.9 Å². The molecule has 2 aromatic rings. The van der Waals surface area contributed by atoms with Crippen LogP contribution in [0, 0.1) is 0 Å². The number of amides is 2. The van der Waals surface area contributed by atoms with Crippen LogP contribution in [0.5, 0.6) is 0 Å². The Hall–Kier alpha value is -3.39. The van der Waals surface area contributed by atoms with Crippen LogP contribution in [0.25, 0.3) is 11.1 Å². The number of unbranched alkanes of at least 4 members (excludes halogenated alkanes) is 1. The first kappa shape index (κ1) is 22.3. The molecule has 3 rings (SSSR count). The monoisotopic (exact) mass is 425 g/mol. The second-order valence-corrected chi connectivity index (χ2v) is 7.41. The first-order valence-electron chi connectivity index (χ1n) is 10.3. The van der Waals surface area contributed by atoms with E-state index in [0.717, 1.165) is 11.1 Å². The molecule has 8 heteroatoms. The van der Waals surface area contributed by atoms with Gasteiger partial charge in [0.15, 0.2) is 0 Å². The highest BCUT2D eigenvalue weighted by atomic mass is 16.5. The molecular weight excluding hydrogens is 398 g/mol. The number of nitrogens with one attached hydrogen (secondary N) is 2. The molecule has 5 N–H and O–H groups in total. The van der Waals surface area contributed by atoms with Crippen molar-refractivity contribution in [2.75, 3.05) is 19.7 Å². The molecule has 1 atom stereocenters. The lowest BCUT2D eigenvalue weighted by Gasteiger charge is -2.15. The molecule has 0 bridgehead atoms. The zero-order chi connectivity index (χ0) is 22.2. The van der Waals surface area contributed by atoms with E-state index in [1.807, 2.05) is 24.3 Å². The zero-order valence-electron chi connectivity index (χ0n) is 17.2. The molecule has 0 unspecified atom stereocenters. The average Bonchev–Trinajstić information content (AvgIpc) is 3.10. The zero-order valence-corrected chi connectivity index (χ0v) is 17.2. The first-order valence-corrected chi connectivity index (χ1v) is 10.3. The third kappa shape index (κ3) is 5.61. The lowest BCUT2D eigenvalue weighted by molar-refractivity contribution is -0.141. The number of alkyl carbamates (subject to hydrolysis) is 1. The van der Waals surface area contributed by atoms with E-state index in [9.17, 15) is 14.4 Å². The molecule has 0 spiro atoms. The highest BCUT2D eigenvalue weighted by Gasteiger charge is 2.29. The van der Waals surface area contributed by atoms with Crippen molar-refractivity contribution in [3.63, 3.8) is 0 Å². The van der Waals surface area contributed by atoms with Crippen molar-refractivity contribution in [1.82, 2.24) is 10.6 Å². The SMILES string of the molecule is NCC(=O)N[C@H](CCCCNC(=O)OCC1c2ccccc2-c2ccccc21)C(=O)O. The second-order valence-electron chi connectivity index (χ2n) is 7.41. The minimum Gasteiger partial charge on any atom is -0.480 e. The molecule has 0 aromatic heterocycles. The van der Waals surface area contributed by atoms with Crippen molar-refractivity contribution in [1.29, 1.82) is 0 Å². The summed E-state index contributed by atoms with van der Waals surface area (Å²) in [6.07, 6.45) is 0.832. The van der Waals surface area contributed by atoms with Gasteiger partial charge >= 0.3 is 12.1 Å². The van der Waals surface area contributed by atoms with Crippen LogP contribution >= 0.6 is 0 Å². The van der Waals surface area contributed by atoms with Crippen molar-refractivity contribution < 1.29 is 24.2 Å². The summed E-state index contributed by atoms with van der Waals surface area (Å²) in [6, 6.07) is 15.3. The van der Waals surface area contributed by atoms with Gasteiger partial charge in [-0.25, -0.2) is 9.59 Å². The van der Waals surface area contributed by atoms with E-state index in [1.54, 1.807) is 0 Å². The van der Waals surface area contributed by atoms with Crippen LogP contribution in [-0.2, 0) is 14.3 Å². The van der Waals surface area contributed by atoms with Gasteiger partial charge in [-0.05, 0) is 41.5 Å². The largest absolute Gasteiger partial charge is 0.480 e. The summed E-state index contributed by atoms with van der Waals surface area (Å²) >= 11 is 0. The number of rotatable bonds is 10. The van der Waals surface area contributed by atoms with E-state index in [-0.39, 0.29) is 25.5 Å². The predicted molar refractivity (Wildman–Crippen MR) is 116 cm³/mol. The van der Waals surface area contributed by atoms with E-state index >= 15 is 0 Å². The summed E-state index contributed by atoms with van der Waals surface area (Å²) < 4.78 is 5.46. The summed E-state index contributed by atoms with van der Waals surface area (Å²) in [5.41, 5.74) is 9.82. The Morgan fingerprint density at radius 3 is 2.19 bits per heavy atom. The maximum Gasteiger partial charge on any atom is 0.407 e. The van der Waals surface area contributed by atoms with Crippen LogP contribution < -0.4 is 16.4 Å². The number of hydrogen-bond acceptors (Lipinski definition) is 5. The van der Waals surface area contributed by atoms with Crippen molar-refractivity contribution >= 4 is 18.0 Å². The number of benzene rings is 2. The Morgan fingerprint density at radius 2 is 1.61 bits per heavy atom. The average molecular weight is 425 g/mol. The molecule has 0 saturated heterocycles. The van der Waals surface area contributed by atoms with Gasteiger partial charge in [-0.15, -0.1) is 0 Å². The van der Waals surface area contributed by atoms with Gasteiger partial charge in [-0.2, -0.15) is 0 Å². The van der Waals surface area contributed by atoms with Crippen molar-refractivity contribution in [2.45, 2.75) is 31.2 Å². The number of carboxylic acid groups (broad SMARTS) is 1. The third-order valence-corrected chi connectivity index (χ3v) is 5.35. The van der Waals surface area contributed by atoms with Crippen molar-refractivity contribution in [2.24, 2.45) is 5.73 Å². The fraction of sp³-hybridized carbons (Fsp3) is 0.348. The van der Waals surface area contributed by atoms with Gasteiger partial charge in [-0.3, -0.25) is 4.79 Å². The van der Waals surface area contributed by atoms with E-state index in [1.165, 1.54) is 11.1 Å². The van der Waals surface area contributed by atoms with Gasteiger partial charge in [0.25, 0.3) is 0 Å². The third-order valence-electron chi connectivity index (χ3n) is 5.35. The van der Waals surface area contributed by atoms with E-state index in [0.29, 0.717) is 19.4 Å². The lowest BCUT2D eigenvalue weighted by atomic mass is 9.98. The van der Waals surface area contributed by atoms with Crippen LogP contribution in [0.15, 0.2) is 48.5 Å². The van der Waals surface area contributed by atoms with Crippen LogP contribution in [-0.4, -0.2) is 48.8 Å². The Morgan fingerprint density at radius 1 is 1.00 bits per heavy atom. The number of fused-ring (bicyclic) bond motifs is 3. The fourth-order valence-corrected chi connectivity index (χ4v) is 3.82. The Bertz CT molecular complexity index is 901. The number of hydrogen-bond donors (Lipinski definition) is 4. The van der Waals surface area contributed by atoms with Crippen LogP contribution in [0.1, 0.15) is 36.3 Å². The number of carbonyl (C=O) groups excluding carboxylic acids is 2. The lowest BCUT2D eigenvalue weighted by Crippen LogP contribution is -2.43. The maximum atomic E-state index is 12.1. The molecular formula is C23H27N3O5. The van der Waals surface area contributed by atoms with Crippen molar-refractivity contribution in [3.8, 4) is 11.1 Å². The molecule has 31 heavy (non-hydrogen) atoms. The Kier molecular flexibility index (Phi) is 7.61. The Labute approximate surface area is 180 Å². The molecule has 0 radical (unpaired) electrons. The number of aliphatic carboxylic acids is 1. The fourth-order valence-electron chi connectivity index (χ4n) is 3.82. The minimum atomic E-state index is -1.11. The topological polar surface area (TPSA) is 131 Å². The van der Waals surface area contributed by atoms with Gasteiger partial charge < -0.3 is 26.2 Å². The number of nitrogens with two attached hydrogens (primary N) is 1. The molecule has 8 nitrogen and oxygen atoms in total. The summed E-state index contributed by atoms with van der Waals surface area (Å²) in [5.74, 6) is -1.61. The summed E-state index contributed by atoms with van der Waals surface area (Å²) in [4.78, 5) is 34.5. The van der Waals surface area contributed by atoms with Crippen molar-refractivity contribution in [3.05, 3.63) is 59.7 Å². The standard InChI is InChI=1S/C23H27N3O5/c24-13-21(27)26-20(22(28)29)11-5-6-12-25-23(30)31-14-19-17-9-3-1-7-15(17)16-8-2-4-10-18(16)19/h1-4,7-10,19-20H,5-6,11-14,24H2,(H,25,30)(H,26,27)(H,28,29)/t20-/m1/s1. The van der Waals surface area contributed by atoms with Crippen LogP contribution in [0.3, 0.4) is 0 Å². The summed E-state index contributed by atoms with van der Waals surface area (Å²) in [5, 5.41) is 14.2. The summed E-state index contributed by atoms with van der Waals surface area (Å²) in [6.45, 7) is 0.340. The van der Waals surface area contributed by atoms with Crippen LogP contribution in [0.4, 0.5) is 4.79 Å². The predicted octanol–water partition coefficient (Wildman–Crippen LogP) is 2.22. The molecule has 164 valence electrons. The van der Waals surface area contributed by atoms with Gasteiger partial charge in [-0.1, -0.05) is 48.5 Å². The van der Waals surface area contributed by atoms with E-state index in [4.69, 9.17) is 15.6 Å². The Balaban J connectivity index is 1.42. The first-order chi connectivity index (χ1) is 15.0. The second kappa shape index (κ2) is 10.6. The van der Waals surface area contributed by atoms with Gasteiger partial charge in [0.1, 0.15) is 12.6 Å². The molecule has 0 heterocycles. The molecule has 0 fully saturated rings. The molecule has 2 amide bonds. The quantitative estimate of drug-likeness (QED) is 0.432. The summed E-state index contributed by atoms with van der Waals surface area (Å²) in [7, 11) is 0. The maximum absolute atomic E-state index is 12.1. The highest BCUT2D eigenvalue weighted by Crippen LogP contribution is 2.44. The highest BCUT2D eigenvalue weighted by molar-refractivity contribution is 5.84. The number of carboxylic acids is 1. The normalized spacial score (nSPS) is 13.1. The molecule has 0 aliphatic heterocycles. The molecule has 0 saturated carbocycles. The smallest absolute Gasteiger partial charge is 0.407 e. The minimum absolute atomic E-state index is 0.000585. The van der Waals surface area contributed by atoms with Gasteiger partial charge in [0.2, 0.25) is 5.91 Å². The van der Waals surface area contributed by atoms with E-state index < -0.39 is 24.0 Å².